The molecule has 134 valence electrons. The highest BCUT2D eigenvalue weighted by Gasteiger charge is 2.33. The summed E-state index contributed by atoms with van der Waals surface area (Å²) in [6.45, 7) is 5.29. The van der Waals surface area contributed by atoms with Crippen LogP contribution < -0.4 is 4.74 Å². The van der Waals surface area contributed by atoms with Gasteiger partial charge >= 0.3 is 0 Å². The fourth-order valence-electron chi connectivity index (χ4n) is 3.13. The largest absolute Gasteiger partial charge is 0.484 e. The van der Waals surface area contributed by atoms with Gasteiger partial charge in [-0.2, -0.15) is 0 Å². The van der Waals surface area contributed by atoms with Crippen LogP contribution in [0.4, 0.5) is 0 Å². The molecule has 0 radical (unpaired) electrons. The number of rotatable bonds is 4. The number of fused-ring (bicyclic) bond motifs is 1. The van der Waals surface area contributed by atoms with Gasteiger partial charge in [0.1, 0.15) is 12.4 Å². The molecule has 4 heterocycles. The number of hydrogen-bond acceptors (Lipinski definition) is 6. The minimum absolute atomic E-state index is 0.123. The monoisotopic (exact) mass is 353 g/mol. The molecule has 8 nitrogen and oxygen atoms in total. The highest BCUT2D eigenvalue weighted by atomic mass is 16.5. The summed E-state index contributed by atoms with van der Waals surface area (Å²) in [6.07, 6.45) is 4.88. The number of aromatic nitrogens is 4. The van der Waals surface area contributed by atoms with Crippen LogP contribution in [0.3, 0.4) is 0 Å². The Hall–Kier alpha value is -3.16. The van der Waals surface area contributed by atoms with Crippen molar-refractivity contribution in [2.24, 2.45) is 0 Å². The molecule has 1 amide bonds. The second-order valence-corrected chi connectivity index (χ2v) is 6.21. The lowest BCUT2D eigenvalue weighted by molar-refractivity contribution is 0.0601. The lowest BCUT2D eigenvalue weighted by atomic mass is 10.1. The van der Waals surface area contributed by atoms with Crippen molar-refractivity contribution >= 4 is 5.91 Å². The summed E-state index contributed by atoms with van der Waals surface area (Å²) in [5, 5.41) is 8.52. The number of nitrogens with zero attached hydrogens (tertiary/aromatic N) is 5. The van der Waals surface area contributed by atoms with Gasteiger partial charge in [-0.05, 0) is 32.0 Å². The van der Waals surface area contributed by atoms with Gasteiger partial charge in [0.25, 0.3) is 5.91 Å². The summed E-state index contributed by atoms with van der Waals surface area (Å²) in [4.78, 5) is 18.6. The zero-order valence-corrected chi connectivity index (χ0v) is 14.6. The molecule has 26 heavy (non-hydrogen) atoms. The van der Waals surface area contributed by atoms with Gasteiger partial charge in [0.15, 0.2) is 17.4 Å². The van der Waals surface area contributed by atoms with Crippen molar-refractivity contribution in [2.45, 2.75) is 33.0 Å². The van der Waals surface area contributed by atoms with Gasteiger partial charge in [0, 0.05) is 24.8 Å². The number of hydrogen-bond donors (Lipinski definition) is 0. The topological polar surface area (TPSA) is 86.3 Å². The maximum absolute atomic E-state index is 12.8. The first-order valence-electron chi connectivity index (χ1n) is 8.45. The molecular formula is C18H19N5O3. The quantitative estimate of drug-likeness (QED) is 0.716. The smallest absolute Gasteiger partial charge is 0.290 e. The zero-order chi connectivity index (χ0) is 18.1. The highest BCUT2D eigenvalue weighted by molar-refractivity contribution is 5.93. The van der Waals surface area contributed by atoms with E-state index in [0.29, 0.717) is 31.2 Å². The van der Waals surface area contributed by atoms with Crippen molar-refractivity contribution in [1.29, 1.82) is 0 Å². The molecular weight excluding hydrogens is 334 g/mol. The van der Waals surface area contributed by atoms with Gasteiger partial charge in [-0.3, -0.25) is 9.78 Å². The molecule has 1 aliphatic rings. The average Bonchev–Trinajstić information content (AvgIpc) is 3.27. The van der Waals surface area contributed by atoms with Gasteiger partial charge < -0.3 is 18.6 Å². The van der Waals surface area contributed by atoms with Crippen molar-refractivity contribution in [3.63, 3.8) is 0 Å². The second-order valence-electron chi connectivity index (χ2n) is 6.21. The van der Waals surface area contributed by atoms with Gasteiger partial charge in [0.2, 0.25) is 0 Å². The molecule has 0 spiro atoms. The predicted molar refractivity (Wildman–Crippen MR) is 91.5 cm³/mol. The Bertz CT molecular complexity index is 918. The number of carbonyl (C=O) groups excluding carboxylic acids is 1. The Labute approximate surface area is 150 Å². The molecule has 8 heteroatoms. The first kappa shape index (κ1) is 16.3. The van der Waals surface area contributed by atoms with E-state index in [-0.39, 0.29) is 11.9 Å². The Morgan fingerprint density at radius 3 is 2.96 bits per heavy atom. The third kappa shape index (κ3) is 2.83. The van der Waals surface area contributed by atoms with Crippen LogP contribution in [-0.4, -0.2) is 37.1 Å². The lowest BCUT2D eigenvalue weighted by Gasteiger charge is -2.33. The fraction of sp³-hybridized carbons (Fsp3) is 0.333. The SMILES string of the molecule is Cc1ccoc1C(=O)N1CCn2c(COc3cccnc3)nnc2C1C. The molecule has 0 saturated carbocycles. The third-order valence-electron chi connectivity index (χ3n) is 4.58. The van der Waals surface area contributed by atoms with Crippen LogP contribution in [0.5, 0.6) is 5.75 Å². The molecule has 1 unspecified atom stereocenters. The summed E-state index contributed by atoms with van der Waals surface area (Å²) in [6, 6.07) is 5.25. The van der Waals surface area contributed by atoms with E-state index >= 15 is 0 Å². The van der Waals surface area contributed by atoms with Gasteiger partial charge in [-0.1, -0.05) is 0 Å². The van der Waals surface area contributed by atoms with E-state index in [1.165, 1.54) is 6.26 Å². The van der Waals surface area contributed by atoms with E-state index in [1.807, 2.05) is 30.5 Å². The van der Waals surface area contributed by atoms with E-state index in [2.05, 4.69) is 15.2 Å². The van der Waals surface area contributed by atoms with E-state index < -0.39 is 0 Å². The normalized spacial score (nSPS) is 16.4. The maximum Gasteiger partial charge on any atom is 0.290 e. The Balaban J connectivity index is 1.51. The van der Waals surface area contributed by atoms with E-state index in [9.17, 15) is 4.79 Å². The minimum atomic E-state index is -0.194. The van der Waals surface area contributed by atoms with Crippen LogP contribution in [0.2, 0.25) is 0 Å². The maximum atomic E-state index is 12.8. The van der Waals surface area contributed by atoms with E-state index in [0.717, 1.165) is 17.2 Å². The molecule has 3 aromatic heterocycles. The standard InChI is InChI=1S/C18H19N5O3/c1-12-5-9-25-16(12)18(24)22-7-8-23-15(20-21-17(23)13(22)2)11-26-14-4-3-6-19-10-14/h3-6,9-10,13H,7-8,11H2,1-2H3. The first-order valence-corrected chi connectivity index (χ1v) is 8.45. The summed E-state index contributed by atoms with van der Waals surface area (Å²) in [7, 11) is 0. The molecule has 0 N–H and O–H groups in total. The lowest BCUT2D eigenvalue weighted by Crippen LogP contribution is -2.41. The molecule has 0 aromatic carbocycles. The van der Waals surface area contributed by atoms with Crippen molar-refractivity contribution in [1.82, 2.24) is 24.6 Å². The molecule has 4 rings (SSSR count). The second kappa shape index (κ2) is 6.62. The Kier molecular flexibility index (Phi) is 4.16. The number of carbonyl (C=O) groups is 1. The van der Waals surface area contributed by atoms with Gasteiger partial charge in [-0.15, -0.1) is 10.2 Å². The summed E-state index contributed by atoms with van der Waals surface area (Å²) < 4.78 is 13.1. The number of ether oxygens (including phenoxy) is 1. The fourth-order valence-corrected chi connectivity index (χ4v) is 3.13. The zero-order valence-electron chi connectivity index (χ0n) is 14.6. The van der Waals surface area contributed by atoms with Crippen LogP contribution in [-0.2, 0) is 13.2 Å². The first-order chi connectivity index (χ1) is 12.6. The van der Waals surface area contributed by atoms with Crippen LogP contribution in [0.25, 0.3) is 0 Å². The van der Waals surface area contributed by atoms with Gasteiger partial charge in [-0.25, -0.2) is 0 Å². The van der Waals surface area contributed by atoms with Crippen LogP contribution in [0.1, 0.15) is 40.7 Å². The minimum Gasteiger partial charge on any atom is -0.484 e. The predicted octanol–water partition coefficient (Wildman–Crippen LogP) is 2.37. The van der Waals surface area contributed by atoms with Crippen molar-refractivity contribution in [3.8, 4) is 5.75 Å². The van der Waals surface area contributed by atoms with E-state index in [4.69, 9.17) is 9.15 Å². The average molecular weight is 353 g/mol. The number of aryl methyl sites for hydroxylation is 1. The van der Waals surface area contributed by atoms with Crippen molar-refractivity contribution < 1.29 is 13.9 Å². The summed E-state index contributed by atoms with van der Waals surface area (Å²) >= 11 is 0. The molecule has 0 aliphatic carbocycles. The number of pyridine rings is 1. The van der Waals surface area contributed by atoms with Gasteiger partial charge in [0.05, 0.1) is 18.5 Å². The molecule has 1 aliphatic heterocycles. The number of furan rings is 1. The van der Waals surface area contributed by atoms with Crippen molar-refractivity contribution in [3.05, 3.63) is 59.8 Å². The Morgan fingerprint density at radius 1 is 1.35 bits per heavy atom. The van der Waals surface area contributed by atoms with Crippen LogP contribution >= 0.6 is 0 Å². The molecule has 1 atom stereocenters. The molecule has 0 bridgehead atoms. The highest BCUT2D eigenvalue weighted by Crippen LogP contribution is 2.27. The Morgan fingerprint density at radius 2 is 2.23 bits per heavy atom. The third-order valence-corrected chi connectivity index (χ3v) is 4.58. The van der Waals surface area contributed by atoms with Crippen molar-refractivity contribution in [2.75, 3.05) is 6.54 Å². The number of amides is 1. The van der Waals surface area contributed by atoms with Crippen LogP contribution in [0, 0.1) is 6.92 Å². The molecule has 0 fully saturated rings. The molecule has 0 saturated heterocycles. The molecule has 3 aromatic rings. The van der Waals surface area contributed by atoms with Crippen LogP contribution in [0.15, 0.2) is 41.3 Å². The summed E-state index contributed by atoms with van der Waals surface area (Å²) in [5.41, 5.74) is 0.833. The van der Waals surface area contributed by atoms with E-state index in [1.54, 1.807) is 23.4 Å². The summed E-state index contributed by atoms with van der Waals surface area (Å²) in [5.74, 6) is 2.42.